The van der Waals surface area contributed by atoms with Gasteiger partial charge in [0.25, 0.3) is 0 Å². The molecule has 0 radical (unpaired) electrons. The molecule has 0 aromatic carbocycles. The molecule has 126 valence electrons. The van der Waals surface area contributed by atoms with Gasteiger partial charge in [-0.15, -0.1) is 6.58 Å². The first kappa shape index (κ1) is 18.5. The predicted octanol–water partition coefficient (Wildman–Crippen LogP) is 2.30. The summed E-state index contributed by atoms with van der Waals surface area (Å²) in [7, 11) is 2.00. The van der Waals surface area contributed by atoms with Crippen LogP contribution in [0.4, 0.5) is 0 Å². The third kappa shape index (κ3) is 7.48. The number of aliphatic imine (C=N–C) groups is 1. The van der Waals surface area contributed by atoms with E-state index in [0.29, 0.717) is 6.04 Å². The second-order valence-electron chi connectivity index (χ2n) is 5.93. The van der Waals surface area contributed by atoms with Crippen molar-refractivity contribution in [2.45, 2.75) is 57.9 Å². The molecule has 0 aromatic heterocycles. The SMILES string of the molecule is C=CCCCN(C)C(=NCC(=O)NC1CCCCC1)NCC. The molecule has 5 heteroatoms. The molecule has 0 heterocycles. The van der Waals surface area contributed by atoms with Gasteiger partial charge >= 0.3 is 0 Å². The van der Waals surface area contributed by atoms with Crippen molar-refractivity contribution in [2.75, 3.05) is 26.7 Å². The molecule has 1 aliphatic carbocycles. The maximum absolute atomic E-state index is 12.0. The molecule has 1 fully saturated rings. The highest BCUT2D eigenvalue weighted by Crippen LogP contribution is 2.17. The van der Waals surface area contributed by atoms with E-state index in [1.54, 1.807) is 0 Å². The smallest absolute Gasteiger partial charge is 0.242 e. The molecule has 0 aliphatic heterocycles. The summed E-state index contributed by atoms with van der Waals surface area (Å²) >= 11 is 0. The van der Waals surface area contributed by atoms with E-state index in [1.807, 2.05) is 20.0 Å². The number of carbonyl (C=O) groups is 1. The molecular formula is C17H32N4O. The number of guanidine groups is 1. The van der Waals surface area contributed by atoms with Crippen LogP contribution in [0.5, 0.6) is 0 Å². The minimum absolute atomic E-state index is 0.0294. The topological polar surface area (TPSA) is 56.7 Å². The van der Waals surface area contributed by atoms with Gasteiger partial charge in [-0.1, -0.05) is 25.3 Å². The third-order valence-electron chi connectivity index (χ3n) is 3.94. The van der Waals surface area contributed by atoms with Crippen molar-refractivity contribution in [1.82, 2.24) is 15.5 Å². The Morgan fingerprint density at radius 2 is 2.09 bits per heavy atom. The zero-order valence-corrected chi connectivity index (χ0v) is 14.2. The van der Waals surface area contributed by atoms with Crippen LogP contribution in [0.2, 0.25) is 0 Å². The third-order valence-corrected chi connectivity index (χ3v) is 3.94. The lowest BCUT2D eigenvalue weighted by atomic mass is 9.95. The first-order valence-electron chi connectivity index (χ1n) is 8.57. The Morgan fingerprint density at radius 3 is 2.73 bits per heavy atom. The normalized spacial score (nSPS) is 16.2. The number of unbranched alkanes of at least 4 members (excludes halogenated alkanes) is 1. The average molecular weight is 308 g/mol. The van der Waals surface area contributed by atoms with Crippen molar-refractivity contribution in [3.8, 4) is 0 Å². The largest absolute Gasteiger partial charge is 0.357 e. The molecule has 1 rings (SSSR count). The highest BCUT2D eigenvalue weighted by Gasteiger charge is 2.15. The van der Waals surface area contributed by atoms with Crippen LogP contribution in [0.15, 0.2) is 17.6 Å². The van der Waals surface area contributed by atoms with E-state index in [1.165, 1.54) is 19.3 Å². The first-order valence-corrected chi connectivity index (χ1v) is 8.57. The second kappa shape index (κ2) is 11.1. The fraction of sp³-hybridized carbons (Fsp3) is 0.765. The molecule has 2 N–H and O–H groups in total. The van der Waals surface area contributed by atoms with Crippen LogP contribution < -0.4 is 10.6 Å². The van der Waals surface area contributed by atoms with Crippen LogP contribution in [-0.4, -0.2) is 49.5 Å². The van der Waals surface area contributed by atoms with Crippen LogP contribution in [0.3, 0.4) is 0 Å². The van der Waals surface area contributed by atoms with Gasteiger partial charge in [0.05, 0.1) is 0 Å². The molecule has 0 atom stereocenters. The fourth-order valence-corrected chi connectivity index (χ4v) is 2.72. The minimum atomic E-state index is 0.0294. The van der Waals surface area contributed by atoms with Crippen molar-refractivity contribution < 1.29 is 4.79 Å². The average Bonchev–Trinajstić information content (AvgIpc) is 2.52. The summed E-state index contributed by atoms with van der Waals surface area (Å²) in [5, 5.41) is 6.34. The van der Waals surface area contributed by atoms with Crippen molar-refractivity contribution in [3.05, 3.63) is 12.7 Å². The van der Waals surface area contributed by atoms with Gasteiger partial charge in [0, 0.05) is 26.2 Å². The summed E-state index contributed by atoms with van der Waals surface area (Å²) in [5.41, 5.74) is 0. The maximum atomic E-state index is 12.0. The van der Waals surface area contributed by atoms with Crippen LogP contribution in [0.1, 0.15) is 51.9 Å². The maximum Gasteiger partial charge on any atom is 0.242 e. The van der Waals surface area contributed by atoms with E-state index >= 15 is 0 Å². The summed E-state index contributed by atoms with van der Waals surface area (Å²) in [6.07, 6.45) is 9.92. The van der Waals surface area contributed by atoms with E-state index < -0.39 is 0 Å². The lowest BCUT2D eigenvalue weighted by Crippen LogP contribution is -2.41. The number of amides is 1. The Labute approximate surface area is 135 Å². The predicted molar refractivity (Wildman–Crippen MR) is 93.1 cm³/mol. The van der Waals surface area contributed by atoms with Gasteiger partial charge in [0.1, 0.15) is 6.54 Å². The van der Waals surface area contributed by atoms with E-state index in [9.17, 15) is 4.79 Å². The van der Waals surface area contributed by atoms with Gasteiger partial charge < -0.3 is 15.5 Å². The molecule has 1 aliphatic rings. The number of hydrogen-bond donors (Lipinski definition) is 2. The molecule has 5 nitrogen and oxygen atoms in total. The number of allylic oxidation sites excluding steroid dienone is 1. The van der Waals surface area contributed by atoms with Crippen LogP contribution in [0.25, 0.3) is 0 Å². The number of hydrogen-bond acceptors (Lipinski definition) is 2. The van der Waals surface area contributed by atoms with Crippen molar-refractivity contribution in [2.24, 2.45) is 4.99 Å². The number of nitrogens with one attached hydrogen (secondary N) is 2. The molecule has 0 unspecified atom stereocenters. The van der Waals surface area contributed by atoms with Gasteiger partial charge in [0.15, 0.2) is 5.96 Å². The van der Waals surface area contributed by atoms with Gasteiger partial charge in [-0.25, -0.2) is 4.99 Å². The van der Waals surface area contributed by atoms with Crippen molar-refractivity contribution in [3.63, 3.8) is 0 Å². The zero-order valence-electron chi connectivity index (χ0n) is 14.2. The summed E-state index contributed by atoms with van der Waals surface area (Å²) in [5.74, 6) is 0.826. The van der Waals surface area contributed by atoms with Crippen molar-refractivity contribution in [1.29, 1.82) is 0 Å². The van der Waals surface area contributed by atoms with E-state index in [4.69, 9.17) is 0 Å². The lowest BCUT2D eigenvalue weighted by molar-refractivity contribution is -0.120. The number of carbonyl (C=O) groups excluding carboxylic acids is 1. The molecular weight excluding hydrogens is 276 g/mol. The van der Waals surface area contributed by atoms with Gasteiger partial charge in [-0.2, -0.15) is 0 Å². The lowest BCUT2D eigenvalue weighted by Gasteiger charge is -2.23. The number of rotatable bonds is 8. The van der Waals surface area contributed by atoms with E-state index in [0.717, 1.165) is 44.7 Å². The van der Waals surface area contributed by atoms with Gasteiger partial charge in [-0.3, -0.25) is 4.79 Å². The Bertz CT molecular complexity index is 362. The van der Waals surface area contributed by atoms with Gasteiger partial charge in [0.2, 0.25) is 5.91 Å². The minimum Gasteiger partial charge on any atom is -0.357 e. The summed E-state index contributed by atoms with van der Waals surface area (Å²) in [6.45, 7) is 7.68. The molecule has 22 heavy (non-hydrogen) atoms. The van der Waals surface area contributed by atoms with Gasteiger partial charge in [-0.05, 0) is 32.6 Å². The van der Waals surface area contributed by atoms with Crippen LogP contribution in [-0.2, 0) is 4.79 Å². The highest BCUT2D eigenvalue weighted by molar-refractivity contribution is 5.84. The summed E-state index contributed by atoms with van der Waals surface area (Å²) in [6, 6.07) is 0.351. The Balaban J connectivity index is 2.41. The van der Waals surface area contributed by atoms with E-state index in [2.05, 4.69) is 27.1 Å². The summed E-state index contributed by atoms with van der Waals surface area (Å²) in [4.78, 5) is 18.5. The van der Waals surface area contributed by atoms with Crippen molar-refractivity contribution >= 4 is 11.9 Å². The molecule has 0 aromatic rings. The standard InChI is InChI=1S/C17H32N4O/c1-4-6-10-13-21(3)17(18-5-2)19-14-16(22)20-15-11-8-7-9-12-15/h4,15H,1,5-14H2,2-3H3,(H,18,19)(H,20,22). The monoisotopic (exact) mass is 308 g/mol. The van der Waals surface area contributed by atoms with Crippen LogP contribution >= 0.6 is 0 Å². The molecule has 0 spiro atoms. The zero-order chi connectivity index (χ0) is 16.2. The number of nitrogens with zero attached hydrogens (tertiary/aromatic N) is 2. The summed E-state index contributed by atoms with van der Waals surface area (Å²) < 4.78 is 0. The van der Waals surface area contributed by atoms with E-state index in [-0.39, 0.29) is 12.5 Å². The first-order chi connectivity index (χ1) is 10.7. The Hall–Kier alpha value is -1.52. The second-order valence-corrected chi connectivity index (χ2v) is 5.93. The Morgan fingerprint density at radius 1 is 1.36 bits per heavy atom. The fourth-order valence-electron chi connectivity index (χ4n) is 2.72. The Kier molecular flexibility index (Phi) is 9.35. The molecule has 1 saturated carbocycles. The molecule has 0 bridgehead atoms. The highest BCUT2D eigenvalue weighted by atomic mass is 16.1. The molecule has 0 saturated heterocycles. The quantitative estimate of drug-likeness (QED) is 0.313. The van der Waals surface area contributed by atoms with Crippen LogP contribution in [0, 0.1) is 0 Å². The molecule has 1 amide bonds.